The van der Waals surface area contributed by atoms with Crippen LogP contribution in [0.1, 0.15) is 34.1 Å². The Hall–Kier alpha value is -3.53. The van der Waals surface area contributed by atoms with E-state index in [9.17, 15) is 58.7 Å². The summed E-state index contributed by atoms with van der Waals surface area (Å²) in [5.74, 6) is -25.7. The molecule has 8 nitrogen and oxygen atoms in total. The van der Waals surface area contributed by atoms with Crippen molar-refractivity contribution >= 4 is 23.9 Å². The van der Waals surface area contributed by atoms with E-state index >= 15 is 0 Å². The summed E-state index contributed by atoms with van der Waals surface area (Å²) in [6, 6.07) is 0. The zero-order chi connectivity index (χ0) is 32.8. The molecule has 0 fully saturated rings. The molecule has 0 saturated carbocycles. The summed E-state index contributed by atoms with van der Waals surface area (Å²) in [7, 11) is 0. The molecule has 0 aliphatic carbocycles. The highest BCUT2D eigenvalue weighted by atomic mass is 19.4. The van der Waals surface area contributed by atoms with Gasteiger partial charge in [0.1, 0.15) is 31.3 Å². The highest BCUT2D eigenvalue weighted by Gasteiger charge is 2.81. The molecule has 0 rings (SSSR count). The minimum absolute atomic E-state index is 0.148. The molecule has 0 N–H and O–H groups in total. The van der Waals surface area contributed by atoms with E-state index in [2.05, 4.69) is 29.2 Å². The van der Waals surface area contributed by atoms with Gasteiger partial charge in [-0.05, 0) is 27.7 Å². The molecule has 0 aromatic heterocycles. The van der Waals surface area contributed by atoms with E-state index < -0.39 is 91.2 Å². The molecule has 0 saturated heterocycles. The van der Waals surface area contributed by atoms with Gasteiger partial charge in [-0.2, -0.15) is 39.5 Å². The third kappa shape index (κ3) is 9.52. The van der Waals surface area contributed by atoms with Crippen molar-refractivity contribution in [2.75, 3.05) is 19.8 Å². The second-order valence-electron chi connectivity index (χ2n) is 9.23. The Bertz CT molecular complexity index is 1030. The molecule has 41 heavy (non-hydrogen) atoms. The van der Waals surface area contributed by atoms with Crippen molar-refractivity contribution in [1.82, 2.24) is 0 Å². The molecule has 1 unspecified atom stereocenters. The summed E-state index contributed by atoms with van der Waals surface area (Å²) in [5.41, 5.74) is -2.98. The van der Waals surface area contributed by atoms with Crippen LogP contribution in [0.15, 0.2) is 36.5 Å². The van der Waals surface area contributed by atoms with Gasteiger partial charge < -0.3 is 18.9 Å². The Labute approximate surface area is 228 Å². The van der Waals surface area contributed by atoms with Crippen molar-refractivity contribution < 1.29 is 77.6 Å². The average molecular weight is 614 g/mol. The quantitative estimate of drug-likeness (QED) is 0.108. The number of hydrogen-bond donors (Lipinski definition) is 0. The molecule has 234 valence electrons. The topological polar surface area (TPSA) is 105 Å². The van der Waals surface area contributed by atoms with E-state index in [0.717, 1.165) is 13.8 Å². The Kier molecular flexibility index (Phi) is 12.3. The summed E-state index contributed by atoms with van der Waals surface area (Å²) in [6.07, 6.45) is -12.5. The zero-order valence-corrected chi connectivity index (χ0v) is 22.2. The number of esters is 4. The number of rotatable bonds is 15. The van der Waals surface area contributed by atoms with Crippen molar-refractivity contribution in [2.45, 2.75) is 64.2 Å². The van der Waals surface area contributed by atoms with Crippen LogP contribution in [0.3, 0.4) is 0 Å². The number of ether oxygens (including phenoxy) is 4. The lowest BCUT2D eigenvalue weighted by Gasteiger charge is -2.35. The van der Waals surface area contributed by atoms with Crippen LogP contribution in [0, 0.1) is 5.41 Å². The van der Waals surface area contributed by atoms with Gasteiger partial charge in [-0.25, -0.2) is 14.4 Å². The van der Waals surface area contributed by atoms with Gasteiger partial charge in [0.05, 0.1) is 6.42 Å². The Morgan fingerprint density at radius 1 is 0.659 bits per heavy atom. The SMILES string of the molecule is C=C(C)C(=O)OCC(C)(COC(=O)C(=C)C)C(=O)OCC(CC(F)(F)C(F)(F)C(F)(F)C(F)(F)F)OC(=O)C(=C)C. The Balaban J connectivity index is 6.17. The first-order valence-electron chi connectivity index (χ1n) is 11.1. The van der Waals surface area contributed by atoms with Gasteiger partial charge in [0.15, 0.2) is 0 Å². The van der Waals surface area contributed by atoms with Gasteiger partial charge >= 0.3 is 47.8 Å². The molecule has 0 aromatic carbocycles. The van der Waals surface area contributed by atoms with E-state index in [1.54, 1.807) is 0 Å². The smallest absolute Gasteiger partial charge is 0.460 e. The lowest BCUT2D eigenvalue weighted by molar-refractivity contribution is -0.398. The van der Waals surface area contributed by atoms with Crippen LogP contribution in [-0.4, -0.2) is 73.7 Å². The van der Waals surface area contributed by atoms with E-state index in [1.165, 1.54) is 13.8 Å². The average Bonchev–Trinajstić information content (AvgIpc) is 2.82. The summed E-state index contributed by atoms with van der Waals surface area (Å²) in [5, 5.41) is 0. The standard InChI is InChI=1S/C24H27F9O8/c1-12(2)16(34)39-10-20(7,11-40-17(35)13(3)4)19(37)38-9-15(41-18(36)14(5)6)8-21(25,26)22(27,28)23(29,30)24(31,32)33/h15H,1,3,5,8-11H2,2,4,6-7H3. The number of carbonyl (C=O) groups is 4. The molecular formula is C24H27F9O8. The fourth-order valence-corrected chi connectivity index (χ4v) is 2.41. The van der Waals surface area contributed by atoms with Crippen molar-refractivity contribution in [1.29, 1.82) is 0 Å². The Morgan fingerprint density at radius 2 is 1.05 bits per heavy atom. The number of hydrogen-bond acceptors (Lipinski definition) is 8. The second-order valence-corrected chi connectivity index (χ2v) is 9.23. The minimum atomic E-state index is -7.22. The van der Waals surface area contributed by atoms with E-state index in [1.807, 2.05) is 0 Å². The van der Waals surface area contributed by atoms with Crippen LogP contribution in [0.2, 0.25) is 0 Å². The van der Waals surface area contributed by atoms with Gasteiger partial charge in [0.25, 0.3) is 0 Å². The van der Waals surface area contributed by atoms with Gasteiger partial charge in [-0.1, -0.05) is 19.7 Å². The van der Waals surface area contributed by atoms with Crippen LogP contribution in [-0.2, 0) is 38.1 Å². The van der Waals surface area contributed by atoms with Crippen molar-refractivity contribution in [3.63, 3.8) is 0 Å². The first kappa shape index (κ1) is 37.5. The molecule has 0 amide bonds. The molecule has 0 aliphatic heterocycles. The van der Waals surface area contributed by atoms with Crippen molar-refractivity contribution in [2.24, 2.45) is 5.41 Å². The van der Waals surface area contributed by atoms with Gasteiger partial charge in [-0.3, -0.25) is 4.79 Å². The number of carbonyl (C=O) groups excluding carboxylic acids is 4. The lowest BCUT2D eigenvalue weighted by atomic mass is 9.93. The molecular weight excluding hydrogens is 587 g/mol. The first-order chi connectivity index (χ1) is 18.2. The molecule has 0 spiro atoms. The predicted octanol–water partition coefficient (Wildman–Crippen LogP) is 5.12. The maximum Gasteiger partial charge on any atom is 0.460 e. The minimum Gasteiger partial charge on any atom is -0.461 e. The molecule has 0 radical (unpaired) electrons. The summed E-state index contributed by atoms with van der Waals surface area (Å²) in [6.45, 7) is 10.6. The van der Waals surface area contributed by atoms with Crippen molar-refractivity contribution in [3.8, 4) is 0 Å². The van der Waals surface area contributed by atoms with E-state index in [0.29, 0.717) is 0 Å². The third-order valence-electron chi connectivity index (χ3n) is 4.95. The summed E-state index contributed by atoms with van der Waals surface area (Å²) >= 11 is 0. The fourth-order valence-electron chi connectivity index (χ4n) is 2.41. The van der Waals surface area contributed by atoms with Gasteiger partial charge in [-0.15, -0.1) is 0 Å². The van der Waals surface area contributed by atoms with Crippen LogP contribution in [0.5, 0.6) is 0 Å². The van der Waals surface area contributed by atoms with E-state index in [4.69, 9.17) is 9.47 Å². The first-order valence-corrected chi connectivity index (χ1v) is 11.1. The lowest BCUT2D eigenvalue weighted by Crippen LogP contribution is -2.61. The fraction of sp³-hybridized carbons (Fsp3) is 0.583. The number of halogens is 9. The molecule has 1 atom stereocenters. The van der Waals surface area contributed by atoms with Gasteiger partial charge in [0.2, 0.25) is 0 Å². The number of alkyl halides is 9. The zero-order valence-electron chi connectivity index (χ0n) is 22.2. The van der Waals surface area contributed by atoms with Crippen molar-refractivity contribution in [3.05, 3.63) is 36.5 Å². The van der Waals surface area contributed by atoms with Crippen LogP contribution in [0.4, 0.5) is 39.5 Å². The summed E-state index contributed by atoms with van der Waals surface area (Å²) in [4.78, 5) is 48.1. The predicted molar refractivity (Wildman–Crippen MR) is 121 cm³/mol. The molecule has 0 heterocycles. The Morgan fingerprint density at radius 3 is 1.39 bits per heavy atom. The highest BCUT2D eigenvalue weighted by molar-refractivity contribution is 5.88. The van der Waals surface area contributed by atoms with Crippen LogP contribution < -0.4 is 0 Å². The molecule has 0 aliphatic rings. The maximum atomic E-state index is 14.2. The highest BCUT2D eigenvalue weighted by Crippen LogP contribution is 2.54. The third-order valence-corrected chi connectivity index (χ3v) is 4.95. The largest absolute Gasteiger partial charge is 0.461 e. The van der Waals surface area contributed by atoms with Crippen LogP contribution in [0.25, 0.3) is 0 Å². The van der Waals surface area contributed by atoms with Crippen LogP contribution >= 0.6 is 0 Å². The molecule has 17 heteroatoms. The molecule has 0 bridgehead atoms. The maximum absolute atomic E-state index is 14.2. The summed E-state index contributed by atoms with van der Waals surface area (Å²) < 4.78 is 139. The monoisotopic (exact) mass is 614 g/mol. The van der Waals surface area contributed by atoms with E-state index in [-0.39, 0.29) is 11.1 Å². The normalized spacial score (nSPS) is 13.5. The second kappa shape index (κ2) is 13.4. The molecule has 0 aromatic rings. The van der Waals surface area contributed by atoms with Gasteiger partial charge in [0, 0.05) is 16.7 Å².